The highest BCUT2D eigenvalue weighted by Gasteiger charge is 2.13. The molecule has 7 nitrogen and oxygen atoms in total. The van der Waals surface area contributed by atoms with Crippen LogP contribution in [0.3, 0.4) is 0 Å². The van der Waals surface area contributed by atoms with Crippen LogP contribution in [0, 0.1) is 11.3 Å². The molecule has 20 heavy (non-hydrogen) atoms. The lowest BCUT2D eigenvalue weighted by Gasteiger charge is -2.07. The van der Waals surface area contributed by atoms with E-state index in [0.29, 0.717) is 16.8 Å². The Morgan fingerprint density at radius 2 is 1.90 bits per heavy atom. The predicted octanol–water partition coefficient (Wildman–Crippen LogP) is 0.539. The number of anilines is 2. The summed E-state index contributed by atoms with van der Waals surface area (Å²) in [5, 5.41) is 11.6. The van der Waals surface area contributed by atoms with Crippen LogP contribution in [0.4, 0.5) is 11.8 Å². The van der Waals surface area contributed by atoms with Gasteiger partial charge in [-0.3, -0.25) is 4.79 Å². The lowest BCUT2D eigenvalue weighted by atomic mass is 10.0. The third-order valence-corrected chi connectivity index (χ3v) is 2.71. The molecule has 0 radical (unpaired) electrons. The number of rotatable bonds is 2. The molecule has 0 fully saturated rings. The van der Waals surface area contributed by atoms with Crippen molar-refractivity contribution >= 4 is 17.7 Å². The number of nitrogens with two attached hydrogens (primary N) is 2. The van der Waals surface area contributed by atoms with E-state index in [1.807, 2.05) is 6.07 Å². The number of nitrogens with one attached hydrogen (secondary N) is 1. The van der Waals surface area contributed by atoms with Gasteiger partial charge in [0.1, 0.15) is 17.5 Å². The van der Waals surface area contributed by atoms with Gasteiger partial charge in [-0.15, -0.1) is 0 Å². The summed E-state index contributed by atoms with van der Waals surface area (Å²) in [6.45, 7) is 0. The van der Waals surface area contributed by atoms with Crippen molar-refractivity contribution in [3.8, 4) is 17.3 Å². The summed E-state index contributed by atoms with van der Waals surface area (Å²) in [7, 11) is 1.55. The van der Waals surface area contributed by atoms with Crippen molar-refractivity contribution < 1.29 is 4.79 Å². The first-order valence-corrected chi connectivity index (χ1v) is 5.72. The van der Waals surface area contributed by atoms with Crippen LogP contribution in [-0.4, -0.2) is 22.9 Å². The van der Waals surface area contributed by atoms with Gasteiger partial charge in [0, 0.05) is 18.2 Å². The van der Waals surface area contributed by atoms with Crippen molar-refractivity contribution in [3.05, 3.63) is 35.4 Å². The third-order valence-electron chi connectivity index (χ3n) is 2.71. The second-order valence-electron chi connectivity index (χ2n) is 3.96. The molecule has 0 aliphatic heterocycles. The van der Waals surface area contributed by atoms with E-state index in [9.17, 15) is 4.79 Å². The van der Waals surface area contributed by atoms with Gasteiger partial charge in [-0.25, -0.2) is 4.98 Å². The number of nitrogens with zero attached hydrogens (tertiary/aromatic N) is 3. The van der Waals surface area contributed by atoms with Crippen LogP contribution >= 0.6 is 0 Å². The number of amides is 1. The zero-order valence-corrected chi connectivity index (χ0v) is 10.7. The summed E-state index contributed by atoms with van der Waals surface area (Å²) in [6.07, 6.45) is 0. The number of carbonyl (C=O) groups is 1. The molecule has 2 rings (SSSR count). The zero-order chi connectivity index (χ0) is 14.7. The maximum Gasteiger partial charge on any atom is 0.251 e. The highest BCUT2D eigenvalue weighted by Crippen LogP contribution is 2.25. The lowest BCUT2D eigenvalue weighted by molar-refractivity contribution is 0.0963. The molecule has 1 aromatic carbocycles. The number of carbonyl (C=O) groups excluding carboxylic acids is 1. The van der Waals surface area contributed by atoms with Crippen LogP contribution in [0.15, 0.2) is 24.3 Å². The molecule has 5 N–H and O–H groups in total. The second kappa shape index (κ2) is 5.24. The van der Waals surface area contributed by atoms with Crippen molar-refractivity contribution in [2.24, 2.45) is 0 Å². The summed E-state index contributed by atoms with van der Waals surface area (Å²) in [4.78, 5) is 19.2. The topological polar surface area (TPSA) is 131 Å². The van der Waals surface area contributed by atoms with E-state index in [0.717, 1.165) is 0 Å². The van der Waals surface area contributed by atoms with Crippen molar-refractivity contribution in [1.82, 2.24) is 15.3 Å². The summed E-state index contributed by atoms with van der Waals surface area (Å²) in [5.74, 6) is -0.170. The molecule has 0 aliphatic rings. The molecule has 1 heterocycles. The van der Waals surface area contributed by atoms with Crippen LogP contribution in [0.25, 0.3) is 11.3 Å². The SMILES string of the molecule is CNC(=O)c1ccc(-c2nc(N)nc(N)c2C#N)cc1. The van der Waals surface area contributed by atoms with Gasteiger partial charge >= 0.3 is 0 Å². The second-order valence-corrected chi connectivity index (χ2v) is 3.96. The maximum atomic E-state index is 11.5. The van der Waals surface area contributed by atoms with Crippen LogP contribution in [0.2, 0.25) is 0 Å². The molecule has 1 amide bonds. The minimum Gasteiger partial charge on any atom is -0.382 e. The Kier molecular flexibility index (Phi) is 3.48. The van der Waals surface area contributed by atoms with E-state index in [2.05, 4.69) is 15.3 Å². The monoisotopic (exact) mass is 268 g/mol. The van der Waals surface area contributed by atoms with Crippen LogP contribution in [0.5, 0.6) is 0 Å². The number of hydrogen-bond donors (Lipinski definition) is 3. The maximum absolute atomic E-state index is 11.5. The average Bonchev–Trinajstić information content (AvgIpc) is 2.46. The largest absolute Gasteiger partial charge is 0.382 e. The van der Waals surface area contributed by atoms with Crippen molar-refractivity contribution in [2.45, 2.75) is 0 Å². The van der Waals surface area contributed by atoms with Gasteiger partial charge in [0.25, 0.3) is 5.91 Å². The van der Waals surface area contributed by atoms with Gasteiger partial charge in [-0.1, -0.05) is 12.1 Å². The molecule has 0 saturated heterocycles. The van der Waals surface area contributed by atoms with Crippen LogP contribution < -0.4 is 16.8 Å². The molecule has 0 aliphatic carbocycles. The Morgan fingerprint density at radius 1 is 1.25 bits per heavy atom. The first kappa shape index (κ1) is 13.3. The summed E-state index contributed by atoms with van der Waals surface area (Å²) >= 11 is 0. The quantitative estimate of drug-likeness (QED) is 0.728. The summed E-state index contributed by atoms with van der Waals surface area (Å²) in [5.41, 5.74) is 12.8. The van der Waals surface area contributed by atoms with E-state index in [1.165, 1.54) is 0 Å². The van der Waals surface area contributed by atoms with E-state index < -0.39 is 0 Å². The molecular formula is C13H12N6O. The molecule has 0 spiro atoms. The number of benzene rings is 1. The van der Waals surface area contributed by atoms with E-state index in [4.69, 9.17) is 16.7 Å². The fourth-order valence-electron chi connectivity index (χ4n) is 1.74. The molecule has 0 bridgehead atoms. The summed E-state index contributed by atoms with van der Waals surface area (Å²) in [6, 6.07) is 8.56. The Hall–Kier alpha value is -3.14. The standard InChI is InChI=1S/C13H12N6O/c1-17-12(20)8-4-2-7(3-5-8)10-9(6-14)11(15)19-13(16)18-10/h2-5H,1H3,(H,17,20)(H4,15,16,18,19). The minimum absolute atomic E-state index is 0.00752. The fraction of sp³-hybridized carbons (Fsp3) is 0.0769. The molecule has 0 saturated carbocycles. The van der Waals surface area contributed by atoms with Gasteiger partial charge in [0.05, 0.1) is 5.69 Å². The normalized spacial score (nSPS) is 9.80. The van der Waals surface area contributed by atoms with Crippen molar-refractivity contribution in [2.75, 3.05) is 18.5 Å². The molecule has 0 unspecified atom stereocenters. The smallest absolute Gasteiger partial charge is 0.251 e. The lowest BCUT2D eigenvalue weighted by Crippen LogP contribution is -2.17. The molecule has 7 heteroatoms. The Bertz CT molecular complexity index is 702. The molecule has 1 aromatic heterocycles. The van der Waals surface area contributed by atoms with Gasteiger partial charge in [0.2, 0.25) is 5.95 Å². The predicted molar refractivity (Wildman–Crippen MR) is 74.4 cm³/mol. The zero-order valence-electron chi connectivity index (χ0n) is 10.7. The van der Waals surface area contributed by atoms with Gasteiger partial charge in [-0.05, 0) is 12.1 Å². The summed E-state index contributed by atoms with van der Waals surface area (Å²) < 4.78 is 0. The number of hydrogen-bond acceptors (Lipinski definition) is 6. The highest BCUT2D eigenvalue weighted by molar-refractivity contribution is 5.94. The first-order valence-electron chi connectivity index (χ1n) is 5.72. The van der Waals surface area contributed by atoms with E-state index >= 15 is 0 Å². The Balaban J connectivity index is 2.52. The van der Waals surface area contributed by atoms with Gasteiger partial charge in [-0.2, -0.15) is 10.2 Å². The molecule has 100 valence electrons. The van der Waals surface area contributed by atoms with Gasteiger partial charge in [0.15, 0.2) is 0 Å². The number of nitriles is 1. The Labute approximate surface area is 115 Å². The molecule has 2 aromatic rings. The first-order chi connectivity index (χ1) is 9.56. The highest BCUT2D eigenvalue weighted by atomic mass is 16.1. The fourth-order valence-corrected chi connectivity index (χ4v) is 1.74. The Morgan fingerprint density at radius 3 is 2.45 bits per heavy atom. The van der Waals surface area contributed by atoms with Gasteiger partial charge < -0.3 is 16.8 Å². The van der Waals surface area contributed by atoms with Crippen LogP contribution in [0.1, 0.15) is 15.9 Å². The molecule has 0 atom stereocenters. The van der Waals surface area contributed by atoms with Crippen molar-refractivity contribution in [1.29, 1.82) is 5.26 Å². The van der Waals surface area contributed by atoms with E-state index in [-0.39, 0.29) is 23.2 Å². The molecular weight excluding hydrogens is 256 g/mol. The average molecular weight is 268 g/mol. The van der Waals surface area contributed by atoms with Crippen molar-refractivity contribution in [3.63, 3.8) is 0 Å². The number of nitrogen functional groups attached to an aromatic ring is 2. The van der Waals surface area contributed by atoms with E-state index in [1.54, 1.807) is 31.3 Å². The van der Waals surface area contributed by atoms with Crippen LogP contribution in [-0.2, 0) is 0 Å². The minimum atomic E-state index is -0.196. The number of aromatic nitrogens is 2. The third kappa shape index (κ3) is 2.35.